The minimum Gasteiger partial charge on any atom is -0.322 e. The normalized spacial score (nSPS) is 14.0. The van der Waals surface area contributed by atoms with E-state index in [0.717, 1.165) is 43.4 Å². The molecule has 3 aromatic rings. The van der Waals surface area contributed by atoms with E-state index < -0.39 is 11.6 Å². The van der Waals surface area contributed by atoms with Gasteiger partial charge in [-0.15, -0.1) is 0 Å². The van der Waals surface area contributed by atoms with Crippen molar-refractivity contribution in [2.24, 2.45) is 0 Å². The first kappa shape index (κ1) is 17.5. The Bertz CT molecular complexity index is 974. The summed E-state index contributed by atoms with van der Waals surface area (Å²) in [4.78, 5) is 11.2. The lowest BCUT2D eigenvalue weighted by Gasteiger charge is -2.28. The second-order valence-corrected chi connectivity index (χ2v) is 6.86. The highest BCUT2D eigenvalue weighted by Gasteiger charge is 2.19. The summed E-state index contributed by atoms with van der Waals surface area (Å²) < 4.78 is 26.8. The van der Waals surface area contributed by atoms with Crippen molar-refractivity contribution in [3.8, 4) is 0 Å². The van der Waals surface area contributed by atoms with Gasteiger partial charge >= 0.3 is 0 Å². The molecule has 0 fully saturated rings. The summed E-state index contributed by atoms with van der Waals surface area (Å²) in [5, 5.41) is 2.83. The number of rotatable bonds is 4. The minimum absolute atomic E-state index is 0.160. The third kappa shape index (κ3) is 4.11. The number of nitrogens with zero attached hydrogens (tertiary/aromatic N) is 3. The number of aryl methyl sites for hydroxylation is 1. The van der Waals surface area contributed by atoms with E-state index >= 15 is 0 Å². The van der Waals surface area contributed by atoms with E-state index in [4.69, 9.17) is 0 Å². The molecular weight excluding hydrogens is 346 g/mol. The number of aromatic nitrogens is 2. The Labute approximate surface area is 156 Å². The van der Waals surface area contributed by atoms with Gasteiger partial charge in [-0.25, -0.2) is 18.7 Å². The number of hydrogen-bond acceptors (Lipinski definition) is 4. The van der Waals surface area contributed by atoms with Crippen LogP contribution in [0.5, 0.6) is 0 Å². The van der Waals surface area contributed by atoms with E-state index in [2.05, 4.69) is 51.4 Å². The van der Waals surface area contributed by atoms with Gasteiger partial charge in [-0.3, -0.25) is 4.90 Å². The fourth-order valence-electron chi connectivity index (χ4n) is 3.35. The largest absolute Gasteiger partial charge is 0.322 e. The van der Waals surface area contributed by atoms with Crippen LogP contribution >= 0.6 is 0 Å². The molecule has 0 saturated carbocycles. The van der Waals surface area contributed by atoms with Gasteiger partial charge < -0.3 is 5.32 Å². The van der Waals surface area contributed by atoms with Crippen LogP contribution < -0.4 is 5.32 Å². The number of benzene rings is 2. The average molecular weight is 366 g/mol. The first-order valence-corrected chi connectivity index (χ1v) is 8.91. The first-order valence-electron chi connectivity index (χ1n) is 8.91. The maximum Gasteiger partial charge on any atom is 0.227 e. The van der Waals surface area contributed by atoms with Crippen molar-refractivity contribution in [1.82, 2.24) is 14.9 Å². The number of hydrogen-bond donors (Lipinski definition) is 1. The predicted octanol–water partition coefficient (Wildman–Crippen LogP) is 4.37. The van der Waals surface area contributed by atoms with Crippen LogP contribution in [0.3, 0.4) is 0 Å². The van der Waals surface area contributed by atoms with Crippen LogP contribution in [-0.4, -0.2) is 21.4 Å². The van der Waals surface area contributed by atoms with Gasteiger partial charge in [0, 0.05) is 43.9 Å². The van der Waals surface area contributed by atoms with E-state index in [1.54, 1.807) is 6.20 Å². The fourth-order valence-corrected chi connectivity index (χ4v) is 3.35. The lowest BCUT2D eigenvalue weighted by Crippen LogP contribution is -2.31. The van der Waals surface area contributed by atoms with Crippen LogP contribution in [0.4, 0.5) is 20.4 Å². The van der Waals surface area contributed by atoms with Gasteiger partial charge in [0.15, 0.2) is 0 Å². The molecular formula is C21H20F2N4. The van der Waals surface area contributed by atoms with Crippen LogP contribution in [0.15, 0.2) is 48.7 Å². The molecule has 1 N–H and O–H groups in total. The van der Waals surface area contributed by atoms with Gasteiger partial charge in [-0.05, 0) is 24.6 Å². The van der Waals surface area contributed by atoms with Gasteiger partial charge in [0.25, 0.3) is 0 Å². The summed E-state index contributed by atoms with van der Waals surface area (Å²) >= 11 is 0. The Morgan fingerprint density at radius 2 is 2.04 bits per heavy atom. The van der Waals surface area contributed by atoms with Gasteiger partial charge in [0.2, 0.25) is 5.95 Å². The highest BCUT2D eigenvalue weighted by Crippen LogP contribution is 2.22. The summed E-state index contributed by atoms with van der Waals surface area (Å²) in [6.45, 7) is 4.68. The molecule has 1 aliphatic rings. The Kier molecular flexibility index (Phi) is 4.81. The zero-order valence-electron chi connectivity index (χ0n) is 15.0. The Morgan fingerprint density at radius 3 is 2.85 bits per heavy atom. The summed E-state index contributed by atoms with van der Waals surface area (Å²) in [5.74, 6) is -0.954. The van der Waals surface area contributed by atoms with E-state index in [1.165, 1.54) is 23.3 Å². The Hall–Kier alpha value is -2.86. The molecule has 1 aliphatic heterocycles. The van der Waals surface area contributed by atoms with E-state index in [0.29, 0.717) is 5.95 Å². The van der Waals surface area contributed by atoms with Crippen molar-refractivity contribution in [3.05, 3.63) is 82.7 Å². The predicted molar refractivity (Wildman–Crippen MR) is 101 cm³/mol. The summed E-state index contributed by atoms with van der Waals surface area (Å²) in [5.41, 5.74) is 4.77. The first-order chi connectivity index (χ1) is 13.1. The van der Waals surface area contributed by atoms with Crippen LogP contribution in [0.25, 0.3) is 0 Å². The van der Waals surface area contributed by atoms with Crippen LogP contribution in [0.1, 0.15) is 22.4 Å². The molecule has 0 radical (unpaired) electrons. The smallest absolute Gasteiger partial charge is 0.227 e. The monoisotopic (exact) mass is 366 g/mol. The highest BCUT2D eigenvalue weighted by molar-refractivity contribution is 5.54. The maximum atomic E-state index is 13.8. The fraction of sp³-hybridized carbons (Fsp3) is 0.238. The molecule has 4 nitrogen and oxygen atoms in total. The molecule has 0 bridgehead atoms. The molecule has 138 valence electrons. The molecule has 27 heavy (non-hydrogen) atoms. The van der Waals surface area contributed by atoms with E-state index in [9.17, 15) is 8.78 Å². The van der Waals surface area contributed by atoms with Gasteiger partial charge in [-0.1, -0.05) is 29.8 Å². The molecule has 0 saturated heterocycles. The third-order valence-corrected chi connectivity index (χ3v) is 4.68. The zero-order valence-corrected chi connectivity index (χ0v) is 15.0. The van der Waals surface area contributed by atoms with E-state index in [-0.39, 0.29) is 5.69 Å². The lowest BCUT2D eigenvalue weighted by molar-refractivity contribution is 0.243. The zero-order chi connectivity index (χ0) is 18.8. The summed E-state index contributed by atoms with van der Waals surface area (Å²) in [6, 6.07) is 11.9. The summed E-state index contributed by atoms with van der Waals surface area (Å²) in [6.07, 6.45) is 2.60. The third-order valence-electron chi connectivity index (χ3n) is 4.68. The number of anilines is 2. The molecule has 1 aromatic heterocycles. The van der Waals surface area contributed by atoms with Crippen LogP contribution in [0.2, 0.25) is 0 Å². The molecule has 6 heteroatoms. The minimum atomic E-state index is -0.666. The van der Waals surface area contributed by atoms with E-state index in [1.807, 2.05) is 0 Å². The molecule has 0 atom stereocenters. The van der Waals surface area contributed by atoms with Gasteiger partial charge in [-0.2, -0.15) is 0 Å². The molecule has 2 heterocycles. The molecule has 0 unspecified atom stereocenters. The number of nitrogens with one attached hydrogen (secondary N) is 1. The molecule has 0 amide bonds. The average Bonchev–Trinajstić information content (AvgIpc) is 2.64. The molecule has 0 aliphatic carbocycles. The van der Waals surface area contributed by atoms with Crippen molar-refractivity contribution >= 4 is 11.6 Å². The molecule has 0 spiro atoms. The van der Waals surface area contributed by atoms with Crippen molar-refractivity contribution in [2.45, 2.75) is 26.4 Å². The van der Waals surface area contributed by atoms with Crippen molar-refractivity contribution in [3.63, 3.8) is 0 Å². The Morgan fingerprint density at radius 1 is 1.15 bits per heavy atom. The SMILES string of the molecule is Cc1cccc(CN2CCc3nc(Nc4ccc(F)cc4F)ncc3C2)c1. The molecule has 4 rings (SSSR count). The second-order valence-electron chi connectivity index (χ2n) is 6.86. The van der Waals surface area contributed by atoms with Crippen molar-refractivity contribution < 1.29 is 8.78 Å². The quantitative estimate of drug-likeness (QED) is 0.745. The summed E-state index contributed by atoms with van der Waals surface area (Å²) in [7, 11) is 0. The lowest BCUT2D eigenvalue weighted by atomic mass is 10.1. The topological polar surface area (TPSA) is 41.1 Å². The van der Waals surface area contributed by atoms with Gasteiger partial charge in [0.1, 0.15) is 11.6 Å². The highest BCUT2D eigenvalue weighted by atomic mass is 19.1. The standard InChI is InChI=1S/C21H20F2N4/c1-14-3-2-4-15(9-14)12-27-8-7-19-16(13-27)11-24-21(25-19)26-20-6-5-17(22)10-18(20)23/h2-6,9-11H,7-8,12-13H2,1H3,(H,24,25,26). The number of fused-ring (bicyclic) bond motifs is 1. The molecule has 2 aromatic carbocycles. The maximum absolute atomic E-state index is 13.8. The van der Waals surface area contributed by atoms with Crippen molar-refractivity contribution in [1.29, 1.82) is 0 Å². The second kappa shape index (κ2) is 7.40. The number of halogens is 2. The van der Waals surface area contributed by atoms with Crippen molar-refractivity contribution in [2.75, 3.05) is 11.9 Å². The van der Waals surface area contributed by atoms with Crippen LogP contribution in [0, 0.1) is 18.6 Å². The Balaban J connectivity index is 1.46. The van der Waals surface area contributed by atoms with Gasteiger partial charge in [0.05, 0.1) is 11.4 Å². The van der Waals surface area contributed by atoms with Crippen LogP contribution in [-0.2, 0) is 19.5 Å².